The Morgan fingerprint density at radius 3 is 2.40 bits per heavy atom. The Kier molecular flexibility index (Phi) is 5.59. The number of ether oxygens (including phenoxy) is 2. The second kappa shape index (κ2) is 7.43. The highest BCUT2D eigenvalue weighted by Gasteiger charge is 2.27. The Labute approximate surface area is 120 Å². The van der Waals surface area contributed by atoms with Crippen molar-refractivity contribution >= 4 is 0 Å². The van der Waals surface area contributed by atoms with Crippen LogP contribution in [-0.2, 0) is 0 Å². The van der Waals surface area contributed by atoms with E-state index in [2.05, 4.69) is 16.9 Å². The molecule has 5 nitrogen and oxygen atoms in total. The molecule has 0 amide bonds. The molecule has 0 radical (unpaired) electrons. The van der Waals surface area contributed by atoms with E-state index in [1.165, 1.54) is 25.7 Å². The molecule has 2 N–H and O–H groups in total. The van der Waals surface area contributed by atoms with Crippen LogP contribution in [0.1, 0.15) is 51.9 Å². The summed E-state index contributed by atoms with van der Waals surface area (Å²) in [6.07, 6.45) is 11.1. The lowest BCUT2D eigenvalue weighted by Gasteiger charge is -2.27. The zero-order chi connectivity index (χ0) is 14.3. The van der Waals surface area contributed by atoms with Crippen molar-refractivity contribution in [2.24, 2.45) is 5.73 Å². The highest BCUT2D eigenvalue weighted by molar-refractivity contribution is 5.13. The van der Waals surface area contributed by atoms with Gasteiger partial charge in [0.2, 0.25) is 11.8 Å². The lowest BCUT2D eigenvalue weighted by atomic mass is 9.93. The molecule has 0 spiro atoms. The largest absolute Gasteiger partial charge is 0.477 e. The van der Waals surface area contributed by atoms with Gasteiger partial charge in [0.15, 0.2) is 0 Å². The summed E-state index contributed by atoms with van der Waals surface area (Å²) in [5.41, 5.74) is 6.20. The Hall–Kier alpha value is -1.36. The first kappa shape index (κ1) is 15.0. The second-order valence-electron chi connectivity index (χ2n) is 5.61. The minimum atomic E-state index is -0.224. The zero-order valence-corrected chi connectivity index (χ0v) is 12.3. The third-order valence-electron chi connectivity index (χ3n) is 3.65. The van der Waals surface area contributed by atoms with Gasteiger partial charge in [-0.25, -0.2) is 0 Å². The number of rotatable bonds is 6. The van der Waals surface area contributed by atoms with E-state index in [-0.39, 0.29) is 5.54 Å². The van der Waals surface area contributed by atoms with Crippen molar-refractivity contribution in [3.05, 3.63) is 12.4 Å². The number of hydrogen-bond acceptors (Lipinski definition) is 5. The molecule has 1 aliphatic rings. The number of nitrogens with two attached hydrogens (primary N) is 1. The van der Waals surface area contributed by atoms with Crippen molar-refractivity contribution in [2.75, 3.05) is 13.2 Å². The molecule has 0 atom stereocenters. The lowest BCUT2D eigenvalue weighted by molar-refractivity contribution is 0.190. The summed E-state index contributed by atoms with van der Waals surface area (Å²) < 4.78 is 11.2. The molecule has 0 bridgehead atoms. The highest BCUT2D eigenvalue weighted by atomic mass is 16.5. The smallest absolute Gasteiger partial charge is 0.235 e. The van der Waals surface area contributed by atoms with Crippen LogP contribution in [0, 0.1) is 0 Å². The van der Waals surface area contributed by atoms with E-state index in [4.69, 9.17) is 15.2 Å². The van der Waals surface area contributed by atoms with Gasteiger partial charge < -0.3 is 15.2 Å². The maximum atomic E-state index is 6.42. The summed E-state index contributed by atoms with van der Waals surface area (Å²) in [6.45, 7) is 3.19. The summed E-state index contributed by atoms with van der Waals surface area (Å²) in [4.78, 5) is 8.38. The van der Waals surface area contributed by atoms with Crippen LogP contribution in [0.4, 0.5) is 0 Å². The van der Waals surface area contributed by atoms with E-state index in [0.717, 1.165) is 19.3 Å². The van der Waals surface area contributed by atoms with Crippen molar-refractivity contribution in [2.45, 2.75) is 57.4 Å². The summed E-state index contributed by atoms with van der Waals surface area (Å²) in [5, 5.41) is 0. The molecule has 0 aliphatic heterocycles. The van der Waals surface area contributed by atoms with Crippen LogP contribution in [0.5, 0.6) is 11.8 Å². The molecule has 1 fully saturated rings. The molecule has 112 valence electrons. The van der Waals surface area contributed by atoms with Gasteiger partial charge in [-0.1, -0.05) is 32.6 Å². The summed E-state index contributed by atoms with van der Waals surface area (Å²) >= 11 is 0. The highest BCUT2D eigenvalue weighted by Crippen LogP contribution is 2.25. The minimum Gasteiger partial charge on any atom is -0.477 e. The third kappa shape index (κ3) is 4.63. The fourth-order valence-corrected chi connectivity index (χ4v) is 2.47. The zero-order valence-electron chi connectivity index (χ0n) is 12.3. The van der Waals surface area contributed by atoms with Crippen LogP contribution in [0.25, 0.3) is 0 Å². The van der Waals surface area contributed by atoms with Gasteiger partial charge in [-0.3, -0.25) is 4.98 Å². The molecule has 0 aromatic carbocycles. The molecule has 2 rings (SSSR count). The molecular formula is C15H25N3O2. The van der Waals surface area contributed by atoms with E-state index < -0.39 is 0 Å². The van der Waals surface area contributed by atoms with Crippen molar-refractivity contribution in [1.82, 2.24) is 9.97 Å². The standard InChI is InChI=1S/C15H25N3O2/c1-2-9-19-13-10-17-11-14(18-13)20-12-15(16)7-5-3-4-6-8-15/h10-11H,2-9,12,16H2,1H3. The van der Waals surface area contributed by atoms with E-state index in [1.807, 2.05) is 0 Å². The predicted molar refractivity (Wildman–Crippen MR) is 77.9 cm³/mol. The molecule has 5 heteroatoms. The van der Waals surface area contributed by atoms with E-state index >= 15 is 0 Å². The molecule has 1 aromatic heterocycles. The minimum absolute atomic E-state index is 0.224. The fourth-order valence-electron chi connectivity index (χ4n) is 2.47. The SMILES string of the molecule is CCCOc1cncc(OCC2(N)CCCCCC2)n1. The van der Waals surface area contributed by atoms with Crippen molar-refractivity contribution in [1.29, 1.82) is 0 Å². The Bertz CT molecular complexity index is 404. The fraction of sp³-hybridized carbons (Fsp3) is 0.733. The molecule has 0 saturated heterocycles. The first-order chi connectivity index (χ1) is 9.72. The molecule has 1 heterocycles. The van der Waals surface area contributed by atoms with Crippen LogP contribution in [0.15, 0.2) is 12.4 Å². The van der Waals surface area contributed by atoms with Gasteiger partial charge in [-0.15, -0.1) is 0 Å². The van der Waals surface area contributed by atoms with Crippen molar-refractivity contribution < 1.29 is 9.47 Å². The van der Waals surface area contributed by atoms with Gasteiger partial charge in [0.05, 0.1) is 24.5 Å². The van der Waals surface area contributed by atoms with Gasteiger partial charge in [0.25, 0.3) is 0 Å². The van der Waals surface area contributed by atoms with Crippen LogP contribution >= 0.6 is 0 Å². The van der Waals surface area contributed by atoms with Gasteiger partial charge >= 0.3 is 0 Å². The average Bonchev–Trinajstić information content (AvgIpc) is 2.69. The quantitative estimate of drug-likeness (QED) is 0.811. The molecule has 20 heavy (non-hydrogen) atoms. The van der Waals surface area contributed by atoms with Gasteiger partial charge in [0, 0.05) is 0 Å². The second-order valence-corrected chi connectivity index (χ2v) is 5.61. The Morgan fingerprint density at radius 2 is 1.75 bits per heavy atom. The van der Waals surface area contributed by atoms with Crippen molar-refractivity contribution in [3.8, 4) is 11.8 Å². The number of aromatic nitrogens is 2. The molecule has 1 aliphatic carbocycles. The van der Waals surface area contributed by atoms with E-state index in [9.17, 15) is 0 Å². The molecule has 0 unspecified atom stereocenters. The maximum Gasteiger partial charge on any atom is 0.235 e. The number of hydrogen-bond donors (Lipinski definition) is 1. The summed E-state index contributed by atoms with van der Waals surface area (Å²) in [6, 6.07) is 0. The van der Waals surface area contributed by atoms with E-state index in [1.54, 1.807) is 12.4 Å². The van der Waals surface area contributed by atoms with E-state index in [0.29, 0.717) is 25.0 Å². The van der Waals surface area contributed by atoms with Gasteiger partial charge in [0.1, 0.15) is 6.61 Å². The van der Waals surface area contributed by atoms with Gasteiger partial charge in [-0.05, 0) is 19.3 Å². The summed E-state index contributed by atoms with van der Waals surface area (Å²) in [7, 11) is 0. The van der Waals surface area contributed by atoms with Crippen LogP contribution < -0.4 is 15.2 Å². The maximum absolute atomic E-state index is 6.42. The topological polar surface area (TPSA) is 70.3 Å². The molecule has 1 saturated carbocycles. The monoisotopic (exact) mass is 279 g/mol. The summed E-state index contributed by atoms with van der Waals surface area (Å²) in [5.74, 6) is 1.00. The van der Waals surface area contributed by atoms with Crippen LogP contribution in [0.2, 0.25) is 0 Å². The van der Waals surface area contributed by atoms with Crippen molar-refractivity contribution in [3.63, 3.8) is 0 Å². The van der Waals surface area contributed by atoms with Crippen LogP contribution in [-0.4, -0.2) is 28.7 Å². The first-order valence-electron chi connectivity index (χ1n) is 7.58. The van der Waals surface area contributed by atoms with Crippen LogP contribution in [0.3, 0.4) is 0 Å². The first-order valence-corrected chi connectivity index (χ1v) is 7.58. The predicted octanol–water partition coefficient (Wildman–Crippen LogP) is 2.70. The third-order valence-corrected chi connectivity index (χ3v) is 3.65. The average molecular weight is 279 g/mol. The molecular weight excluding hydrogens is 254 g/mol. The number of nitrogens with zero attached hydrogens (tertiary/aromatic N) is 2. The Balaban J connectivity index is 1.89. The lowest BCUT2D eigenvalue weighted by Crippen LogP contribution is -2.45. The van der Waals surface area contributed by atoms with Gasteiger partial charge in [-0.2, -0.15) is 4.98 Å². The molecule has 1 aromatic rings. The normalized spacial score (nSPS) is 18.3. The Morgan fingerprint density at radius 1 is 1.10 bits per heavy atom.